The highest BCUT2D eigenvalue weighted by molar-refractivity contribution is 5.95. The number of benzene rings is 1. The molecule has 0 saturated carbocycles. The predicted octanol–water partition coefficient (Wildman–Crippen LogP) is 1.97. The number of para-hydroxylation sites is 1. The maximum absolute atomic E-state index is 12.7. The van der Waals surface area contributed by atoms with Crippen molar-refractivity contribution in [2.75, 3.05) is 13.2 Å². The lowest BCUT2D eigenvalue weighted by molar-refractivity contribution is 0.0853. The van der Waals surface area contributed by atoms with E-state index in [4.69, 9.17) is 4.74 Å². The van der Waals surface area contributed by atoms with E-state index in [9.17, 15) is 4.79 Å². The molecular formula is C18H19N5O2. The lowest BCUT2D eigenvalue weighted by Crippen LogP contribution is -2.32. The lowest BCUT2D eigenvalue weighted by Gasteiger charge is -2.11. The molecule has 1 aromatic carbocycles. The predicted molar refractivity (Wildman–Crippen MR) is 92.0 cm³/mol. The third kappa shape index (κ3) is 3.18. The molecule has 4 rings (SSSR count). The first kappa shape index (κ1) is 15.6. The SMILES string of the molecule is O=C(NC[C@H]1CCCO1)c1nnn(-c2ccccc2)c1-n1cccc1. The van der Waals surface area contributed by atoms with Crippen LogP contribution < -0.4 is 5.32 Å². The number of carbonyl (C=O) groups is 1. The molecule has 1 amide bonds. The van der Waals surface area contributed by atoms with Crippen molar-refractivity contribution in [3.63, 3.8) is 0 Å². The van der Waals surface area contributed by atoms with Gasteiger partial charge in [-0.25, -0.2) is 0 Å². The molecule has 2 aromatic heterocycles. The van der Waals surface area contributed by atoms with E-state index in [1.165, 1.54) is 0 Å². The summed E-state index contributed by atoms with van der Waals surface area (Å²) in [6, 6.07) is 13.4. The number of rotatable bonds is 5. The van der Waals surface area contributed by atoms with E-state index in [1.807, 2.05) is 59.4 Å². The normalized spacial score (nSPS) is 16.9. The van der Waals surface area contributed by atoms with Gasteiger partial charge in [-0.05, 0) is 37.1 Å². The number of amides is 1. The van der Waals surface area contributed by atoms with Crippen LogP contribution in [0.1, 0.15) is 23.3 Å². The molecule has 1 saturated heterocycles. The van der Waals surface area contributed by atoms with Gasteiger partial charge in [-0.3, -0.25) is 4.79 Å². The van der Waals surface area contributed by atoms with Crippen LogP contribution in [0.5, 0.6) is 0 Å². The summed E-state index contributed by atoms with van der Waals surface area (Å²) in [5.74, 6) is 0.363. The van der Waals surface area contributed by atoms with E-state index in [1.54, 1.807) is 4.68 Å². The zero-order valence-corrected chi connectivity index (χ0v) is 13.7. The van der Waals surface area contributed by atoms with Gasteiger partial charge in [-0.2, -0.15) is 4.68 Å². The lowest BCUT2D eigenvalue weighted by atomic mass is 10.2. The molecule has 3 heterocycles. The molecule has 0 aliphatic carbocycles. The minimum Gasteiger partial charge on any atom is -0.376 e. The fourth-order valence-corrected chi connectivity index (χ4v) is 2.97. The first-order valence-corrected chi connectivity index (χ1v) is 8.37. The monoisotopic (exact) mass is 337 g/mol. The molecule has 25 heavy (non-hydrogen) atoms. The van der Waals surface area contributed by atoms with Crippen LogP contribution in [0.25, 0.3) is 11.5 Å². The second kappa shape index (κ2) is 6.90. The highest BCUT2D eigenvalue weighted by Crippen LogP contribution is 2.18. The van der Waals surface area contributed by atoms with Gasteiger partial charge in [0.15, 0.2) is 11.5 Å². The van der Waals surface area contributed by atoms with Crippen molar-refractivity contribution >= 4 is 5.91 Å². The number of nitrogens with one attached hydrogen (secondary N) is 1. The number of hydrogen-bond acceptors (Lipinski definition) is 4. The highest BCUT2D eigenvalue weighted by Gasteiger charge is 2.23. The van der Waals surface area contributed by atoms with Crippen molar-refractivity contribution in [2.45, 2.75) is 18.9 Å². The summed E-state index contributed by atoms with van der Waals surface area (Å²) in [4.78, 5) is 12.7. The highest BCUT2D eigenvalue weighted by atomic mass is 16.5. The molecular weight excluding hydrogens is 318 g/mol. The van der Waals surface area contributed by atoms with E-state index in [-0.39, 0.29) is 17.7 Å². The van der Waals surface area contributed by atoms with Crippen LogP contribution in [0, 0.1) is 0 Å². The molecule has 3 aromatic rings. The van der Waals surface area contributed by atoms with Gasteiger partial charge < -0.3 is 14.6 Å². The molecule has 0 spiro atoms. The Hall–Kier alpha value is -2.93. The summed E-state index contributed by atoms with van der Waals surface area (Å²) >= 11 is 0. The molecule has 0 bridgehead atoms. The van der Waals surface area contributed by atoms with E-state index in [0.29, 0.717) is 12.4 Å². The standard InChI is InChI=1S/C18H19N5O2/c24-17(19-13-15-9-6-12-25-15)16-18(22-10-4-5-11-22)23(21-20-16)14-7-2-1-3-8-14/h1-5,7-8,10-11,15H,6,9,12-13H2,(H,19,24)/t15-/m1/s1. The van der Waals surface area contributed by atoms with Gasteiger partial charge in [0.2, 0.25) is 0 Å². The Bertz CT molecular complexity index is 836. The Balaban J connectivity index is 1.65. The summed E-state index contributed by atoms with van der Waals surface area (Å²) in [6.07, 6.45) is 5.84. The molecule has 1 fully saturated rings. The van der Waals surface area contributed by atoms with Crippen molar-refractivity contribution < 1.29 is 9.53 Å². The van der Waals surface area contributed by atoms with Crippen LogP contribution in [0.4, 0.5) is 0 Å². The van der Waals surface area contributed by atoms with Gasteiger partial charge in [-0.15, -0.1) is 5.10 Å². The molecule has 1 N–H and O–H groups in total. The van der Waals surface area contributed by atoms with Crippen LogP contribution in [-0.4, -0.2) is 44.7 Å². The second-order valence-corrected chi connectivity index (χ2v) is 5.94. The van der Waals surface area contributed by atoms with E-state index >= 15 is 0 Å². The van der Waals surface area contributed by atoms with Crippen molar-refractivity contribution in [3.05, 3.63) is 60.6 Å². The summed E-state index contributed by atoms with van der Waals surface area (Å²) in [5.41, 5.74) is 1.13. The second-order valence-electron chi connectivity index (χ2n) is 5.94. The topological polar surface area (TPSA) is 74.0 Å². The third-order valence-electron chi connectivity index (χ3n) is 4.23. The summed E-state index contributed by atoms with van der Waals surface area (Å²) < 4.78 is 9.06. The number of nitrogens with zero attached hydrogens (tertiary/aromatic N) is 4. The molecule has 7 heteroatoms. The van der Waals surface area contributed by atoms with Gasteiger partial charge >= 0.3 is 0 Å². The average molecular weight is 337 g/mol. The third-order valence-corrected chi connectivity index (χ3v) is 4.23. The number of carbonyl (C=O) groups excluding carboxylic acids is 1. The zero-order valence-electron chi connectivity index (χ0n) is 13.7. The van der Waals surface area contributed by atoms with Crippen LogP contribution in [-0.2, 0) is 4.74 Å². The van der Waals surface area contributed by atoms with Crippen molar-refractivity contribution in [2.24, 2.45) is 0 Å². The Morgan fingerprint density at radius 2 is 2.00 bits per heavy atom. The van der Waals surface area contributed by atoms with Gasteiger partial charge in [0.25, 0.3) is 5.91 Å². The molecule has 1 atom stereocenters. The molecule has 128 valence electrons. The van der Waals surface area contributed by atoms with Crippen LogP contribution >= 0.6 is 0 Å². The van der Waals surface area contributed by atoms with Gasteiger partial charge in [-0.1, -0.05) is 23.4 Å². The summed E-state index contributed by atoms with van der Waals surface area (Å²) in [6.45, 7) is 1.25. The smallest absolute Gasteiger partial charge is 0.275 e. The van der Waals surface area contributed by atoms with Crippen molar-refractivity contribution in [1.82, 2.24) is 24.9 Å². The number of aromatic nitrogens is 4. The Morgan fingerprint density at radius 3 is 2.72 bits per heavy atom. The summed E-state index contributed by atoms with van der Waals surface area (Å²) in [7, 11) is 0. The number of ether oxygens (including phenoxy) is 1. The minimum absolute atomic E-state index is 0.0862. The maximum atomic E-state index is 12.7. The average Bonchev–Trinajstić information content (AvgIpc) is 3.41. The molecule has 1 aliphatic rings. The van der Waals surface area contributed by atoms with Crippen molar-refractivity contribution in [1.29, 1.82) is 0 Å². The molecule has 0 unspecified atom stereocenters. The van der Waals surface area contributed by atoms with Gasteiger partial charge in [0.1, 0.15) is 0 Å². The largest absolute Gasteiger partial charge is 0.376 e. The Labute approximate surface area is 145 Å². The Kier molecular flexibility index (Phi) is 4.30. The van der Waals surface area contributed by atoms with E-state index in [0.717, 1.165) is 25.1 Å². The van der Waals surface area contributed by atoms with Crippen molar-refractivity contribution in [3.8, 4) is 11.5 Å². The Morgan fingerprint density at radius 1 is 1.20 bits per heavy atom. The first-order chi connectivity index (χ1) is 12.3. The molecule has 1 aliphatic heterocycles. The fraction of sp³-hybridized carbons (Fsp3) is 0.278. The first-order valence-electron chi connectivity index (χ1n) is 8.37. The van der Waals surface area contributed by atoms with Crippen LogP contribution in [0.3, 0.4) is 0 Å². The maximum Gasteiger partial charge on any atom is 0.275 e. The summed E-state index contributed by atoms with van der Waals surface area (Å²) in [5, 5.41) is 11.2. The fourth-order valence-electron chi connectivity index (χ4n) is 2.97. The molecule has 0 radical (unpaired) electrons. The van der Waals surface area contributed by atoms with Gasteiger partial charge in [0, 0.05) is 25.5 Å². The number of hydrogen-bond donors (Lipinski definition) is 1. The molecule has 7 nitrogen and oxygen atoms in total. The van der Waals surface area contributed by atoms with E-state index < -0.39 is 0 Å². The minimum atomic E-state index is -0.249. The van der Waals surface area contributed by atoms with Gasteiger partial charge in [0.05, 0.1) is 11.8 Å². The quantitative estimate of drug-likeness (QED) is 0.772. The van der Waals surface area contributed by atoms with Crippen LogP contribution in [0.15, 0.2) is 54.9 Å². The zero-order chi connectivity index (χ0) is 17.1. The van der Waals surface area contributed by atoms with Crippen LogP contribution in [0.2, 0.25) is 0 Å². The van der Waals surface area contributed by atoms with E-state index in [2.05, 4.69) is 15.6 Å².